The van der Waals surface area contributed by atoms with Crippen LogP contribution in [0.1, 0.15) is 23.7 Å². The van der Waals surface area contributed by atoms with Gasteiger partial charge in [0.05, 0.1) is 0 Å². The largest absolute Gasteiger partial charge is 0.398 e. The fraction of sp³-hybridized carbons (Fsp3) is 0.417. The summed E-state index contributed by atoms with van der Waals surface area (Å²) in [4.78, 5) is 11.9. The van der Waals surface area contributed by atoms with Crippen LogP contribution in [0.5, 0.6) is 0 Å². The Kier molecular flexibility index (Phi) is 5.85. The number of rotatable bonds is 5. The molecule has 0 aliphatic rings. The standard InChI is InChI=1S/C12H17BrN2OS/c1-8(5-6-17-2)15-12(16)9-3-4-10(13)11(14)7-9/h3-4,7-8H,5-6,14H2,1-2H3,(H,15,16). The molecule has 3 nitrogen and oxygen atoms in total. The van der Waals surface area contributed by atoms with E-state index in [1.54, 1.807) is 30.0 Å². The van der Waals surface area contributed by atoms with E-state index < -0.39 is 0 Å². The van der Waals surface area contributed by atoms with Gasteiger partial charge in [0.25, 0.3) is 5.91 Å². The first kappa shape index (κ1) is 14.4. The monoisotopic (exact) mass is 316 g/mol. The third-order valence-electron chi connectivity index (χ3n) is 2.39. The molecule has 0 radical (unpaired) electrons. The fourth-order valence-electron chi connectivity index (χ4n) is 1.36. The van der Waals surface area contributed by atoms with Gasteiger partial charge in [-0.15, -0.1) is 0 Å². The van der Waals surface area contributed by atoms with Gasteiger partial charge < -0.3 is 11.1 Å². The van der Waals surface area contributed by atoms with Crippen molar-refractivity contribution >= 4 is 39.3 Å². The van der Waals surface area contributed by atoms with E-state index in [-0.39, 0.29) is 11.9 Å². The maximum absolute atomic E-state index is 11.9. The molecular formula is C12H17BrN2OS. The number of nitrogen functional groups attached to an aromatic ring is 1. The number of nitrogens with one attached hydrogen (secondary N) is 1. The zero-order valence-electron chi connectivity index (χ0n) is 10.00. The van der Waals surface area contributed by atoms with Gasteiger partial charge in [-0.05, 0) is 59.5 Å². The lowest BCUT2D eigenvalue weighted by atomic mass is 10.1. The first-order chi connectivity index (χ1) is 8.04. The van der Waals surface area contributed by atoms with Crippen LogP contribution in [0.25, 0.3) is 0 Å². The Balaban J connectivity index is 2.60. The van der Waals surface area contributed by atoms with Crippen LogP contribution < -0.4 is 11.1 Å². The molecule has 0 aliphatic carbocycles. The molecule has 0 aliphatic heterocycles. The summed E-state index contributed by atoms with van der Waals surface area (Å²) in [5, 5.41) is 2.95. The van der Waals surface area contributed by atoms with Gasteiger partial charge >= 0.3 is 0 Å². The van der Waals surface area contributed by atoms with Crippen molar-refractivity contribution in [1.29, 1.82) is 0 Å². The molecule has 1 aromatic rings. The normalized spacial score (nSPS) is 12.2. The van der Waals surface area contributed by atoms with Gasteiger partial charge in [0.15, 0.2) is 0 Å². The van der Waals surface area contributed by atoms with Crippen molar-refractivity contribution in [1.82, 2.24) is 5.32 Å². The van der Waals surface area contributed by atoms with Crippen molar-refractivity contribution in [3.63, 3.8) is 0 Å². The van der Waals surface area contributed by atoms with E-state index in [0.29, 0.717) is 11.3 Å². The van der Waals surface area contributed by atoms with Crippen LogP contribution in [0.3, 0.4) is 0 Å². The minimum Gasteiger partial charge on any atom is -0.398 e. The lowest BCUT2D eigenvalue weighted by Gasteiger charge is -2.13. The number of benzene rings is 1. The van der Waals surface area contributed by atoms with Crippen molar-refractivity contribution in [3.05, 3.63) is 28.2 Å². The maximum Gasteiger partial charge on any atom is 0.251 e. The average molecular weight is 317 g/mol. The van der Waals surface area contributed by atoms with E-state index in [1.807, 2.05) is 6.92 Å². The topological polar surface area (TPSA) is 55.1 Å². The Morgan fingerprint density at radius 2 is 2.29 bits per heavy atom. The Bertz CT molecular complexity index is 398. The van der Waals surface area contributed by atoms with Gasteiger partial charge in [-0.1, -0.05) is 0 Å². The maximum atomic E-state index is 11.9. The van der Waals surface area contributed by atoms with Gasteiger partial charge in [0.1, 0.15) is 0 Å². The summed E-state index contributed by atoms with van der Waals surface area (Å²) in [7, 11) is 0. The van der Waals surface area contributed by atoms with Gasteiger partial charge in [-0.3, -0.25) is 4.79 Å². The molecule has 1 atom stereocenters. The lowest BCUT2D eigenvalue weighted by molar-refractivity contribution is 0.0939. The molecular weight excluding hydrogens is 300 g/mol. The highest BCUT2D eigenvalue weighted by Crippen LogP contribution is 2.20. The Morgan fingerprint density at radius 3 is 2.88 bits per heavy atom. The molecule has 3 N–H and O–H groups in total. The second-order valence-corrected chi connectivity index (χ2v) is 5.73. The number of anilines is 1. The lowest BCUT2D eigenvalue weighted by Crippen LogP contribution is -2.32. The molecule has 1 unspecified atom stereocenters. The first-order valence-electron chi connectivity index (χ1n) is 5.39. The predicted molar refractivity (Wildman–Crippen MR) is 78.5 cm³/mol. The quantitative estimate of drug-likeness (QED) is 0.821. The summed E-state index contributed by atoms with van der Waals surface area (Å²) < 4.78 is 0.810. The molecule has 17 heavy (non-hydrogen) atoms. The number of carbonyl (C=O) groups is 1. The molecule has 0 saturated carbocycles. The Morgan fingerprint density at radius 1 is 1.59 bits per heavy atom. The Hall–Kier alpha value is -0.680. The molecule has 5 heteroatoms. The second kappa shape index (κ2) is 6.91. The SMILES string of the molecule is CSCCC(C)NC(=O)c1ccc(Br)c(N)c1. The average Bonchev–Trinajstić information content (AvgIpc) is 2.30. The van der Waals surface area contributed by atoms with E-state index in [1.165, 1.54) is 0 Å². The molecule has 0 saturated heterocycles. The van der Waals surface area contributed by atoms with Crippen molar-refractivity contribution in [2.75, 3.05) is 17.7 Å². The van der Waals surface area contributed by atoms with Crippen LogP contribution in [-0.2, 0) is 0 Å². The van der Waals surface area contributed by atoms with Crippen LogP contribution in [0, 0.1) is 0 Å². The third kappa shape index (κ3) is 4.60. The first-order valence-corrected chi connectivity index (χ1v) is 7.58. The van der Waals surface area contributed by atoms with Crippen molar-refractivity contribution in [3.8, 4) is 0 Å². The van der Waals surface area contributed by atoms with E-state index in [2.05, 4.69) is 27.5 Å². The van der Waals surface area contributed by atoms with Crippen molar-refractivity contribution < 1.29 is 4.79 Å². The number of hydrogen-bond acceptors (Lipinski definition) is 3. The second-order valence-electron chi connectivity index (χ2n) is 3.89. The van der Waals surface area contributed by atoms with Gasteiger partial charge in [-0.2, -0.15) is 11.8 Å². The molecule has 0 heterocycles. The molecule has 0 fully saturated rings. The Labute approximate surface area is 115 Å². The zero-order chi connectivity index (χ0) is 12.8. The molecule has 1 rings (SSSR count). The molecule has 0 spiro atoms. The number of carbonyl (C=O) groups excluding carboxylic acids is 1. The van der Waals surface area contributed by atoms with E-state index >= 15 is 0 Å². The molecule has 1 aromatic carbocycles. The van der Waals surface area contributed by atoms with Gasteiger partial charge in [0.2, 0.25) is 0 Å². The predicted octanol–water partition coefficient (Wildman–Crippen LogP) is 2.90. The van der Waals surface area contributed by atoms with Gasteiger partial charge in [0, 0.05) is 21.8 Å². The molecule has 0 aromatic heterocycles. The minimum absolute atomic E-state index is 0.0715. The highest BCUT2D eigenvalue weighted by atomic mass is 79.9. The van der Waals surface area contributed by atoms with Crippen LogP contribution in [-0.4, -0.2) is 24.0 Å². The summed E-state index contributed by atoms with van der Waals surface area (Å²) in [5.41, 5.74) is 6.92. The van der Waals surface area contributed by atoms with Crippen LogP contribution in [0.4, 0.5) is 5.69 Å². The highest BCUT2D eigenvalue weighted by molar-refractivity contribution is 9.10. The summed E-state index contributed by atoms with van der Waals surface area (Å²) in [6.07, 6.45) is 3.03. The van der Waals surface area contributed by atoms with Crippen molar-refractivity contribution in [2.24, 2.45) is 0 Å². The number of thioether (sulfide) groups is 1. The fourth-order valence-corrected chi connectivity index (χ4v) is 2.19. The van der Waals surface area contributed by atoms with E-state index in [4.69, 9.17) is 5.73 Å². The van der Waals surface area contributed by atoms with E-state index in [0.717, 1.165) is 16.6 Å². The minimum atomic E-state index is -0.0715. The summed E-state index contributed by atoms with van der Waals surface area (Å²) in [6, 6.07) is 5.41. The van der Waals surface area contributed by atoms with Crippen LogP contribution in [0.15, 0.2) is 22.7 Å². The number of hydrogen-bond donors (Lipinski definition) is 2. The smallest absolute Gasteiger partial charge is 0.251 e. The van der Waals surface area contributed by atoms with Gasteiger partial charge in [-0.25, -0.2) is 0 Å². The molecule has 1 amide bonds. The van der Waals surface area contributed by atoms with Crippen LogP contribution >= 0.6 is 27.7 Å². The number of halogens is 1. The summed E-state index contributed by atoms with van der Waals surface area (Å²) in [5.74, 6) is 0.974. The van der Waals surface area contributed by atoms with Crippen molar-refractivity contribution in [2.45, 2.75) is 19.4 Å². The van der Waals surface area contributed by atoms with Crippen LogP contribution in [0.2, 0.25) is 0 Å². The van der Waals surface area contributed by atoms with E-state index in [9.17, 15) is 4.79 Å². The molecule has 0 bridgehead atoms. The summed E-state index contributed by atoms with van der Waals surface area (Å²) in [6.45, 7) is 2.01. The number of nitrogens with two attached hydrogens (primary N) is 1. The third-order valence-corrected chi connectivity index (χ3v) is 3.76. The zero-order valence-corrected chi connectivity index (χ0v) is 12.4. The highest BCUT2D eigenvalue weighted by Gasteiger charge is 2.10. The summed E-state index contributed by atoms with van der Waals surface area (Å²) >= 11 is 5.08. The molecule has 94 valence electrons. The number of amides is 1.